The van der Waals surface area contributed by atoms with Gasteiger partial charge in [-0.3, -0.25) is 15.0 Å². The quantitative estimate of drug-likeness (QED) is 0.223. The molecular formula is C7H12N4O6. The molecule has 1 aliphatic heterocycles. The molecule has 0 aromatic rings. The van der Waals surface area contributed by atoms with Gasteiger partial charge in [0, 0.05) is 0 Å². The van der Waals surface area contributed by atoms with Crippen LogP contribution in [0, 0.1) is 0 Å². The van der Waals surface area contributed by atoms with Crippen LogP contribution in [-0.4, -0.2) is 63.9 Å². The molecule has 10 nitrogen and oxygen atoms in total. The van der Waals surface area contributed by atoms with Gasteiger partial charge >= 0.3 is 12.1 Å². The largest absolute Gasteiger partial charge is 0.391 e. The number of carbonyl (C=O) groups is 3. The van der Waals surface area contributed by atoms with Crippen LogP contribution in [0.1, 0.15) is 0 Å². The first-order chi connectivity index (χ1) is 8.01. The molecule has 17 heavy (non-hydrogen) atoms. The van der Waals surface area contributed by atoms with E-state index >= 15 is 0 Å². The summed E-state index contributed by atoms with van der Waals surface area (Å²) in [6.45, 7) is -2.50. The van der Waals surface area contributed by atoms with Crippen LogP contribution in [-0.2, 0) is 4.79 Å². The maximum absolute atomic E-state index is 11.5. The van der Waals surface area contributed by atoms with E-state index in [1.165, 1.54) is 0 Å². The first-order valence-corrected chi connectivity index (χ1v) is 4.53. The molecule has 96 valence electrons. The topological polar surface area (TPSA) is 151 Å². The molecular weight excluding hydrogens is 236 g/mol. The summed E-state index contributed by atoms with van der Waals surface area (Å²) in [4.78, 5) is 34.5. The molecule has 0 saturated carbocycles. The van der Waals surface area contributed by atoms with Crippen molar-refractivity contribution in [1.82, 2.24) is 20.9 Å². The Morgan fingerprint density at radius 2 is 2.00 bits per heavy atom. The molecule has 0 spiro atoms. The molecule has 0 aliphatic carbocycles. The van der Waals surface area contributed by atoms with Crippen LogP contribution < -0.4 is 16.0 Å². The maximum Gasteiger partial charge on any atom is 0.328 e. The summed E-state index contributed by atoms with van der Waals surface area (Å²) in [5.74, 6) is -0.980. The van der Waals surface area contributed by atoms with Gasteiger partial charge in [0.15, 0.2) is 0 Å². The van der Waals surface area contributed by atoms with E-state index in [1.54, 1.807) is 0 Å². The molecule has 0 aromatic heterocycles. The number of nitrogens with zero attached hydrogens (tertiary/aromatic N) is 1. The molecule has 5 amide bonds. The van der Waals surface area contributed by atoms with E-state index in [-0.39, 0.29) is 0 Å². The van der Waals surface area contributed by atoms with Crippen LogP contribution in [0.25, 0.3) is 0 Å². The van der Waals surface area contributed by atoms with E-state index in [0.29, 0.717) is 4.90 Å². The highest BCUT2D eigenvalue weighted by atomic mass is 16.3. The molecule has 0 radical (unpaired) electrons. The van der Waals surface area contributed by atoms with Crippen LogP contribution in [0.4, 0.5) is 9.59 Å². The van der Waals surface area contributed by atoms with Gasteiger partial charge in [-0.2, -0.15) is 0 Å². The minimum absolute atomic E-state index is 0.548. The molecule has 1 unspecified atom stereocenters. The normalized spacial score (nSPS) is 23.6. The van der Waals surface area contributed by atoms with Gasteiger partial charge in [-0.25, -0.2) is 9.59 Å². The van der Waals surface area contributed by atoms with Crippen LogP contribution >= 0.6 is 0 Å². The fourth-order valence-electron chi connectivity index (χ4n) is 1.37. The minimum Gasteiger partial charge on any atom is -0.391 e. The van der Waals surface area contributed by atoms with Gasteiger partial charge in [0.1, 0.15) is 13.5 Å². The van der Waals surface area contributed by atoms with Crippen molar-refractivity contribution in [2.45, 2.75) is 5.66 Å². The summed E-state index contributed by atoms with van der Waals surface area (Å²) < 4.78 is 0. The van der Waals surface area contributed by atoms with Crippen LogP contribution in [0.2, 0.25) is 0 Å². The van der Waals surface area contributed by atoms with Crippen LogP contribution in [0.3, 0.4) is 0 Å². The van der Waals surface area contributed by atoms with Crippen molar-refractivity contribution >= 4 is 18.0 Å². The standard InChI is InChI=1S/C7H12N4O6/c12-1-7(10-5(16)8-2-13)4(15)9-6(17)11(7)3-14/h12-14H,1-3H2,(H2,8,10,16)(H,9,15,17). The van der Waals surface area contributed by atoms with Crippen molar-refractivity contribution in [3.8, 4) is 0 Å². The number of hydrogen-bond acceptors (Lipinski definition) is 6. The van der Waals surface area contributed by atoms with E-state index in [0.717, 1.165) is 0 Å². The number of hydrogen-bond donors (Lipinski definition) is 6. The Kier molecular flexibility index (Phi) is 3.83. The average Bonchev–Trinajstić information content (AvgIpc) is 2.50. The van der Waals surface area contributed by atoms with Gasteiger partial charge in [0.05, 0.1) is 6.61 Å². The summed E-state index contributed by atoms with van der Waals surface area (Å²) in [6, 6.07) is -1.93. The lowest BCUT2D eigenvalue weighted by Gasteiger charge is -2.32. The predicted octanol–water partition coefficient (Wildman–Crippen LogP) is -3.57. The fourth-order valence-corrected chi connectivity index (χ4v) is 1.37. The maximum atomic E-state index is 11.5. The summed E-state index contributed by atoms with van der Waals surface area (Å²) >= 11 is 0. The molecule has 0 bridgehead atoms. The van der Waals surface area contributed by atoms with Gasteiger partial charge in [0.25, 0.3) is 5.91 Å². The van der Waals surface area contributed by atoms with Gasteiger partial charge in [-0.1, -0.05) is 0 Å². The number of rotatable bonds is 4. The number of nitrogens with one attached hydrogen (secondary N) is 3. The summed E-state index contributed by atoms with van der Waals surface area (Å²) in [5, 5.41) is 32.3. The second kappa shape index (κ2) is 4.95. The van der Waals surface area contributed by atoms with Gasteiger partial charge < -0.3 is 26.0 Å². The molecule has 1 aliphatic rings. The Morgan fingerprint density at radius 1 is 1.35 bits per heavy atom. The molecule has 1 rings (SSSR count). The average molecular weight is 248 g/mol. The lowest BCUT2D eigenvalue weighted by atomic mass is 10.1. The number of urea groups is 2. The van der Waals surface area contributed by atoms with Crippen molar-refractivity contribution in [3.63, 3.8) is 0 Å². The summed E-state index contributed by atoms with van der Waals surface area (Å²) in [7, 11) is 0. The zero-order chi connectivity index (χ0) is 13.1. The van der Waals surface area contributed by atoms with Crippen molar-refractivity contribution < 1.29 is 29.7 Å². The third-order valence-corrected chi connectivity index (χ3v) is 2.23. The first kappa shape index (κ1) is 13.2. The van der Waals surface area contributed by atoms with E-state index in [1.807, 2.05) is 16.0 Å². The third kappa shape index (κ3) is 2.13. The SMILES string of the molecule is O=C(NCO)NC1(CO)C(=O)NC(=O)N1CO. The van der Waals surface area contributed by atoms with Crippen molar-refractivity contribution in [2.24, 2.45) is 0 Å². The Hall–Kier alpha value is -1.91. The van der Waals surface area contributed by atoms with Crippen molar-refractivity contribution in [2.75, 3.05) is 20.1 Å². The number of aliphatic hydroxyl groups is 3. The Bertz CT molecular complexity index is 347. The number of carbonyl (C=O) groups excluding carboxylic acids is 3. The highest BCUT2D eigenvalue weighted by Gasteiger charge is 2.53. The Labute approximate surface area is 95.2 Å². The van der Waals surface area contributed by atoms with E-state index in [2.05, 4.69) is 0 Å². The monoisotopic (exact) mass is 248 g/mol. The van der Waals surface area contributed by atoms with Crippen LogP contribution in [0.5, 0.6) is 0 Å². The Morgan fingerprint density at radius 3 is 2.47 bits per heavy atom. The second-order valence-electron chi connectivity index (χ2n) is 3.14. The van der Waals surface area contributed by atoms with E-state index < -0.39 is 43.7 Å². The molecule has 6 N–H and O–H groups in total. The van der Waals surface area contributed by atoms with Crippen molar-refractivity contribution in [1.29, 1.82) is 0 Å². The highest BCUT2D eigenvalue weighted by molar-refractivity contribution is 6.08. The lowest BCUT2D eigenvalue weighted by Crippen LogP contribution is -2.66. The second-order valence-corrected chi connectivity index (χ2v) is 3.14. The number of imide groups is 1. The minimum atomic E-state index is -2.08. The lowest BCUT2D eigenvalue weighted by molar-refractivity contribution is -0.131. The van der Waals surface area contributed by atoms with Crippen LogP contribution in [0.15, 0.2) is 0 Å². The number of aliphatic hydroxyl groups excluding tert-OH is 3. The molecule has 1 fully saturated rings. The smallest absolute Gasteiger partial charge is 0.328 e. The molecule has 1 heterocycles. The molecule has 0 aromatic carbocycles. The molecule has 1 saturated heterocycles. The fraction of sp³-hybridized carbons (Fsp3) is 0.571. The highest BCUT2D eigenvalue weighted by Crippen LogP contribution is 2.17. The van der Waals surface area contributed by atoms with Crippen molar-refractivity contribution in [3.05, 3.63) is 0 Å². The van der Waals surface area contributed by atoms with E-state index in [4.69, 9.17) is 15.3 Å². The summed E-state index contributed by atoms with van der Waals surface area (Å²) in [5.41, 5.74) is -2.08. The summed E-state index contributed by atoms with van der Waals surface area (Å²) in [6.07, 6.45) is 0. The van der Waals surface area contributed by atoms with Gasteiger partial charge in [0.2, 0.25) is 5.66 Å². The third-order valence-electron chi connectivity index (χ3n) is 2.23. The Balaban J connectivity index is 2.96. The van der Waals surface area contributed by atoms with Gasteiger partial charge in [-0.05, 0) is 0 Å². The molecule has 10 heteroatoms. The zero-order valence-corrected chi connectivity index (χ0v) is 8.63. The first-order valence-electron chi connectivity index (χ1n) is 4.53. The zero-order valence-electron chi connectivity index (χ0n) is 8.63. The molecule has 1 atom stereocenters. The number of amides is 5. The van der Waals surface area contributed by atoms with E-state index in [9.17, 15) is 14.4 Å². The predicted molar refractivity (Wildman–Crippen MR) is 51.0 cm³/mol. The van der Waals surface area contributed by atoms with Gasteiger partial charge in [-0.15, -0.1) is 0 Å².